The van der Waals surface area contributed by atoms with E-state index in [9.17, 15) is 4.79 Å². The number of rotatable bonds is 4. The predicted molar refractivity (Wildman–Crippen MR) is 105 cm³/mol. The van der Waals surface area contributed by atoms with Crippen molar-refractivity contribution >= 4 is 29.0 Å². The summed E-state index contributed by atoms with van der Waals surface area (Å²) in [6.45, 7) is 0. The van der Waals surface area contributed by atoms with Crippen molar-refractivity contribution in [2.75, 3.05) is 12.4 Å². The molecule has 1 aromatic heterocycles. The lowest BCUT2D eigenvalue weighted by Crippen LogP contribution is -2.21. The van der Waals surface area contributed by atoms with Crippen LogP contribution < -0.4 is 10.1 Å². The number of fused-ring (bicyclic) bond motifs is 1. The van der Waals surface area contributed by atoms with Gasteiger partial charge in [0.25, 0.3) is 0 Å². The normalized spacial score (nSPS) is 15.9. The Labute approximate surface area is 162 Å². The average Bonchev–Trinajstić information content (AvgIpc) is 2.69. The number of ether oxygens (including phenoxy) is 1. The van der Waals surface area contributed by atoms with E-state index in [0.717, 1.165) is 22.7 Å². The van der Waals surface area contributed by atoms with E-state index in [-0.39, 0.29) is 11.7 Å². The number of ketones is 1. The molecule has 0 fully saturated rings. The Kier molecular flexibility index (Phi) is 4.77. The molecule has 0 radical (unpaired) electrons. The number of nitrogens with zero attached hydrogens (tertiary/aromatic N) is 2. The lowest BCUT2D eigenvalue weighted by atomic mass is 9.82. The minimum absolute atomic E-state index is 0.0761. The number of methoxy groups -OCH3 is 1. The largest absolute Gasteiger partial charge is 0.497 e. The van der Waals surface area contributed by atoms with Gasteiger partial charge in [0, 0.05) is 23.3 Å². The molecule has 0 saturated carbocycles. The van der Waals surface area contributed by atoms with Crippen molar-refractivity contribution in [1.82, 2.24) is 9.97 Å². The molecule has 27 heavy (non-hydrogen) atoms. The summed E-state index contributed by atoms with van der Waals surface area (Å²) < 4.78 is 5.16. The second-order valence-electron chi connectivity index (χ2n) is 6.49. The smallest absolute Gasteiger partial charge is 0.227 e. The number of hydrogen-bond acceptors (Lipinski definition) is 5. The maximum atomic E-state index is 12.5. The second kappa shape index (κ2) is 7.37. The third-order valence-corrected chi connectivity index (χ3v) is 4.98. The number of halogens is 1. The van der Waals surface area contributed by atoms with E-state index in [1.807, 2.05) is 48.5 Å². The predicted octanol–water partition coefficient (Wildman–Crippen LogP) is 4.79. The van der Waals surface area contributed by atoms with E-state index in [1.54, 1.807) is 13.3 Å². The first-order valence-corrected chi connectivity index (χ1v) is 9.06. The second-order valence-corrected chi connectivity index (χ2v) is 6.92. The van der Waals surface area contributed by atoms with Gasteiger partial charge < -0.3 is 10.1 Å². The fourth-order valence-corrected chi connectivity index (χ4v) is 3.41. The Morgan fingerprint density at radius 1 is 1.07 bits per heavy atom. The van der Waals surface area contributed by atoms with Gasteiger partial charge >= 0.3 is 0 Å². The summed E-state index contributed by atoms with van der Waals surface area (Å²) >= 11 is 5.97. The average molecular weight is 380 g/mol. The number of carbonyl (C=O) groups is 1. The van der Waals surface area contributed by atoms with E-state index in [2.05, 4.69) is 15.3 Å². The first-order chi connectivity index (χ1) is 13.1. The lowest BCUT2D eigenvalue weighted by Gasteiger charge is -2.23. The Morgan fingerprint density at radius 3 is 2.52 bits per heavy atom. The van der Waals surface area contributed by atoms with Gasteiger partial charge in [0.15, 0.2) is 5.78 Å². The zero-order chi connectivity index (χ0) is 18.8. The van der Waals surface area contributed by atoms with Crippen LogP contribution in [0.3, 0.4) is 0 Å². The third-order valence-electron chi connectivity index (χ3n) is 4.73. The summed E-state index contributed by atoms with van der Waals surface area (Å²) in [7, 11) is 1.63. The van der Waals surface area contributed by atoms with Gasteiger partial charge in [-0.2, -0.15) is 0 Å². The molecule has 1 heterocycles. The standard InChI is InChI=1S/C21H18ClN3O2/c1-27-17-8-6-16(7-9-17)24-21-23-12-18-19(25-21)10-14(11-20(18)26)13-2-4-15(22)5-3-13/h2-9,12,14H,10-11H2,1H3,(H,23,24,25)/t14-/m0/s1. The van der Waals surface area contributed by atoms with Crippen molar-refractivity contribution in [1.29, 1.82) is 0 Å². The van der Waals surface area contributed by atoms with Crippen LogP contribution in [0.15, 0.2) is 54.7 Å². The molecule has 5 nitrogen and oxygen atoms in total. The van der Waals surface area contributed by atoms with Gasteiger partial charge in [-0.25, -0.2) is 9.97 Å². The Balaban J connectivity index is 1.57. The van der Waals surface area contributed by atoms with Crippen molar-refractivity contribution in [3.63, 3.8) is 0 Å². The molecule has 4 rings (SSSR count). The zero-order valence-electron chi connectivity index (χ0n) is 14.8. The van der Waals surface area contributed by atoms with Crippen LogP contribution in [0.4, 0.5) is 11.6 Å². The lowest BCUT2D eigenvalue weighted by molar-refractivity contribution is 0.0962. The molecule has 3 aromatic rings. The van der Waals surface area contributed by atoms with E-state index in [0.29, 0.717) is 29.4 Å². The molecule has 1 aliphatic rings. The molecule has 0 saturated heterocycles. The maximum Gasteiger partial charge on any atom is 0.227 e. The highest BCUT2D eigenvalue weighted by atomic mass is 35.5. The molecule has 6 heteroatoms. The molecule has 1 aliphatic carbocycles. The van der Waals surface area contributed by atoms with Crippen LogP contribution in [0, 0.1) is 0 Å². The van der Waals surface area contributed by atoms with Crippen molar-refractivity contribution < 1.29 is 9.53 Å². The molecule has 0 spiro atoms. The first kappa shape index (κ1) is 17.5. The Hall–Kier alpha value is -2.92. The highest BCUT2D eigenvalue weighted by Gasteiger charge is 2.28. The zero-order valence-corrected chi connectivity index (χ0v) is 15.5. The number of carbonyl (C=O) groups excluding carboxylic acids is 1. The van der Waals surface area contributed by atoms with E-state index in [1.165, 1.54) is 0 Å². The van der Waals surface area contributed by atoms with Gasteiger partial charge in [0.05, 0.1) is 18.4 Å². The topological polar surface area (TPSA) is 64.1 Å². The van der Waals surface area contributed by atoms with Crippen molar-refractivity contribution in [3.05, 3.63) is 76.6 Å². The minimum Gasteiger partial charge on any atom is -0.497 e. The van der Waals surface area contributed by atoms with Crippen LogP contribution in [0.5, 0.6) is 5.75 Å². The van der Waals surface area contributed by atoms with Gasteiger partial charge in [-0.15, -0.1) is 0 Å². The number of hydrogen-bond donors (Lipinski definition) is 1. The first-order valence-electron chi connectivity index (χ1n) is 8.68. The van der Waals surface area contributed by atoms with Gasteiger partial charge in [-0.1, -0.05) is 23.7 Å². The number of benzene rings is 2. The van der Waals surface area contributed by atoms with Crippen molar-refractivity contribution in [2.24, 2.45) is 0 Å². The van der Waals surface area contributed by atoms with Crippen molar-refractivity contribution in [2.45, 2.75) is 18.8 Å². The SMILES string of the molecule is COc1ccc(Nc2ncc3c(n2)C[C@H](c2ccc(Cl)cc2)CC3=O)cc1. The molecule has 0 amide bonds. The molecule has 2 aromatic carbocycles. The summed E-state index contributed by atoms with van der Waals surface area (Å²) in [4.78, 5) is 21.4. The molecule has 0 aliphatic heterocycles. The summed E-state index contributed by atoms with van der Waals surface area (Å²) in [5.41, 5.74) is 3.34. The molecule has 1 N–H and O–H groups in total. The fraction of sp³-hybridized carbons (Fsp3) is 0.190. The molecular weight excluding hydrogens is 362 g/mol. The molecule has 136 valence electrons. The number of anilines is 2. The third kappa shape index (κ3) is 3.78. The van der Waals surface area contributed by atoms with Crippen LogP contribution >= 0.6 is 11.6 Å². The van der Waals surface area contributed by atoms with E-state index >= 15 is 0 Å². The molecule has 0 bridgehead atoms. The van der Waals surface area contributed by atoms with Crippen molar-refractivity contribution in [3.8, 4) is 5.75 Å². The molecular formula is C21H18ClN3O2. The van der Waals surface area contributed by atoms with E-state index < -0.39 is 0 Å². The maximum absolute atomic E-state index is 12.5. The minimum atomic E-state index is 0.0761. The highest BCUT2D eigenvalue weighted by Crippen LogP contribution is 2.32. The summed E-state index contributed by atoms with van der Waals surface area (Å²) in [5, 5.41) is 3.87. The summed E-state index contributed by atoms with van der Waals surface area (Å²) in [6, 6.07) is 15.2. The van der Waals surface area contributed by atoms with Gasteiger partial charge in [0.1, 0.15) is 5.75 Å². The molecule has 0 unspecified atom stereocenters. The fourth-order valence-electron chi connectivity index (χ4n) is 3.28. The Bertz CT molecular complexity index is 972. The van der Waals surface area contributed by atoms with Crippen LogP contribution in [-0.2, 0) is 6.42 Å². The number of Topliss-reactive ketones (excluding diaryl/α,β-unsaturated/α-hetero) is 1. The molecule has 1 atom stereocenters. The number of nitrogens with one attached hydrogen (secondary N) is 1. The summed E-state index contributed by atoms with van der Waals surface area (Å²) in [6.07, 6.45) is 2.78. The van der Waals surface area contributed by atoms with Crippen LogP contribution in [0.1, 0.15) is 34.0 Å². The van der Waals surface area contributed by atoms with Gasteiger partial charge in [-0.3, -0.25) is 4.79 Å². The van der Waals surface area contributed by atoms with Crippen LogP contribution in [0.25, 0.3) is 0 Å². The van der Waals surface area contributed by atoms with Gasteiger partial charge in [-0.05, 0) is 54.3 Å². The van der Waals surface area contributed by atoms with Crippen LogP contribution in [-0.4, -0.2) is 22.9 Å². The highest BCUT2D eigenvalue weighted by molar-refractivity contribution is 6.30. The van der Waals surface area contributed by atoms with Crippen LogP contribution in [0.2, 0.25) is 5.02 Å². The number of aromatic nitrogens is 2. The van der Waals surface area contributed by atoms with Gasteiger partial charge in [0.2, 0.25) is 5.95 Å². The summed E-state index contributed by atoms with van der Waals surface area (Å²) in [5.74, 6) is 1.44. The van der Waals surface area contributed by atoms with E-state index in [4.69, 9.17) is 16.3 Å². The Morgan fingerprint density at radius 2 is 1.81 bits per heavy atom. The quantitative estimate of drug-likeness (QED) is 0.705. The monoisotopic (exact) mass is 379 g/mol.